The van der Waals surface area contributed by atoms with Crippen molar-refractivity contribution in [3.05, 3.63) is 51.0 Å². The van der Waals surface area contributed by atoms with Crippen LogP contribution in [0.15, 0.2) is 30.3 Å². The largest absolute Gasteiger partial charge is 0.493 e. The molecule has 0 unspecified atom stereocenters. The van der Waals surface area contributed by atoms with E-state index in [-0.39, 0.29) is 11.6 Å². The van der Waals surface area contributed by atoms with Crippen molar-refractivity contribution in [1.29, 1.82) is 0 Å². The highest BCUT2D eigenvalue weighted by atomic mass is 35.5. The van der Waals surface area contributed by atoms with Crippen molar-refractivity contribution in [2.75, 3.05) is 52.4 Å². The van der Waals surface area contributed by atoms with Crippen LogP contribution in [0.1, 0.15) is 10.4 Å². The van der Waals surface area contributed by atoms with E-state index >= 15 is 0 Å². The lowest BCUT2D eigenvalue weighted by Gasteiger charge is -2.36. The van der Waals surface area contributed by atoms with E-state index < -0.39 is 4.92 Å². The molecule has 1 aliphatic heterocycles. The Bertz CT molecular complexity index is 935. The number of anilines is 1. The second kappa shape index (κ2) is 9.08. The number of carbonyl (C=O) groups is 1. The highest BCUT2D eigenvalue weighted by Crippen LogP contribution is 2.39. The minimum atomic E-state index is -0.450. The zero-order chi connectivity index (χ0) is 21.8. The molecule has 1 amide bonds. The zero-order valence-electron chi connectivity index (χ0n) is 16.9. The highest BCUT2D eigenvalue weighted by Gasteiger charge is 2.29. The maximum atomic E-state index is 13.0. The Balaban J connectivity index is 1.79. The first-order valence-electron chi connectivity index (χ1n) is 9.18. The number of nitro groups is 1. The average molecular weight is 436 g/mol. The molecule has 1 heterocycles. The van der Waals surface area contributed by atoms with Gasteiger partial charge in [-0.1, -0.05) is 17.7 Å². The Morgan fingerprint density at radius 2 is 1.63 bits per heavy atom. The van der Waals surface area contributed by atoms with Gasteiger partial charge in [0.1, 0.15) is 5.69 Å². The number of ether oxygens (including phenoxy) is 3. The molecule has 0 aromatic heterocycles. The molecule has 2 aromatic rings. The number of hydrogen-bond donors (Lipinski definition) is 0. The number of piperazine rings is 1. The van der Waals surface area contributed by atoms with Gasteiger partial charge in [0.15, 0.2) is 11.5 Å². The minimum absolute atomic E-state index is 0.0492. The van der Waals surface area contributed by atoms with E-state index in [1.54, 1.807) is 29.2 Å². The van der Waals surface area contributed by atoms with Crippen LogP contribution in [0.25, 0.3) is 0 Å². The number of rotatable bonds is 6. The molecule has 10 heteroatoms. The fourth-order valence-corrected chi connectivity index (χ4v) is 3.77. The van der Waals surface area contributed by atoms with Crippen molar-refractivity contribution in [2.24, 2.45) is 0 Å². The number of carbonyl (C=O) groups excluding carboxylic acids is 1. The smallest absolute Gasteiger partial charge is 0.294 e. The fraction of sp³-hybridized carbons (Fsp3) is 0.350. The van der Waals surface area contributed by atoms with E-state index in [9.17, 15) is 14.9 Å². The number of methoxy groups -OCH3 is 3. The molecule has 1 fully saturated rings. The van der Waals surface area contributed by atoms with Gasteiger partial charge < -0.3 is 24.0 Å². The number of hydrogen-bond acceptors (Lipinski definition) is 7. The summed E-state index contributed by atoms with van der Waals surface area (Å²) in [6.45, 7) is 1.61. The topological polar surface area (TPSA) is 94.4 Å². The molecule has 9 nitrogen and oxygen atoms in total. The predicted octanol–water partition coefficient (Wildman–Crippen LogP) is 3.24. The first kappa shape index (κ1) is 21.5. The summed E-state index contributed by atoms with van der Waals surface area (Å²) in [6.07, 6.45) is 0. The third kappa shape index (κ3) is 4.06. The second-order valence-electron chi connectivity index (χ2n) is 6.56. The lowest BCUT2D eigenvalue weighted by molar-refractivity contribution is -0.384. The molecule has 0 saturated carbocycles. The summed E-state index contributed by atoms with van der Waals surface area (Å²) in [6, 6.07) is 7.81. The Kier molecular flexibility index (Phi) is 6.51. The van der Waals surface area contributed by atoms with Crippen molar-refractivity contribution in [3.8, 4) is 17.2 Å². The van der Waals surface area contributed by atoms with Crippen LogP contribution < -0.4 is 19.1 Å². The van der Waals surface area contributed by atoms with Gasteiger partial charge in [0, 0.05) is 37.8 Å². The SMILES string of the molecule is COc1cc(C(=O)N2CCN(c3c(Cl)cccc3[N+](=O)[O-])CC2)cc(OC)c1OC. The van der Waals surface area contributed by atoms with Crippen LogP contribution in [-0.4, -0.2) is 63.2 Å². The molecule has 0 aliphatic carbocycles. The van der Waals surface area contributed by atoms with E-state index in [4.69, 9.17) is 25.8 Å². The van der Waals surface area contributed by atoms with Crippen LogP contribution in [0.2, 0.25) is 5.02 Å². The lowest BCUT2D eigenvalue weighted by atomic mass is 10.1. The van der Waals surface area contributed by atoms with Crippen molar-refractivity contribution in [1.82, 2.24) is 4.90 Å². The molecule has 0 spiro atoms. The van der Waals surface area contributed by atoms with Gasteiger partial charge in [-0.3, -0.25) is 14.9 Å². The van der Waals surface area contributed by atoms with Crippen LogP contribution in [-0.2, 0) is 0 Å². The van der Waals surface area contributed by atoms with Gasteiger partial charge in [0.25, 0.3) is 11.6 Å². The van der Waals surface area contributed by atoms with Gasteiger partial charge in [0.05, 0.1) is 31.3 Å². The fourth-order valence-electron chi connectivity index (χ4n) is 3.48. The molecule has 1 saturated heterocycles. The summed E-state index contributed by atoms with van der Waals surface area (Å²) in [7, 11) is 4.47. The normalized spacial score (nSPS) is 13.7. The monoisotopic (exact) mass is 435 g/mol. The first-order chi connectivity index (χ1) is 14.4. The molecule has 3 rings (SSSR count). The molecule has 1 aliphatic rings. The molecule has 30 heavy (non-hydrogen) atoms. The van der Waals surface area contributed by atoms with E-state index in [1.165, 1.54) is 27.4 Å². The minimum Gasteiger partial charge on any atom is -0.493 e. The number of benzene rings is 2. The Morgan fingerprint density at radius 3 is 2.13 bits per heavy atom. The van der Waals surface area contributed by atoms with Crippen LogP contribution in [0, 0.1) is 10.1 Å². The Morgan fingerprint density at radius 1 is 1.03 bits per heavy atom. The predicted molar refractivity (Wildman–Crippen MR) is 112 cm³/mol. The van der Waals surface area contributed by atoms with Crippen molar-refractivity contribution in [2.45, 2.75) is 0 Å². The van der Waals surface area contributed by atoms with Gasteiger partial charge in [-0.15, -0.1) is 0 Å². The maximum absolute atomic E-state index is 13.0. The number of para-hydroxylation sites is 1. The maximum Gasteiger partial charge on any atom is 0.294 e. The number of nitrogens with zero attached hydrogens (tertiary/aromatic N) is 3. The zero-order valence-corrected chi connectivity index (χ0v) is 17.6. The quantitative estimate of drug-likeness (QED) is 0.507. The summed E-state index contributed by atoms with van der Waals surface area (Å²) >= 11 is 6.23. The van der Waals surface area contributed by atoms with E-state index in [0.717, 1.165) is 0 Å². The molecular formula is C20H22ClN3O6. The summed E-state index contributed by atoms with van der Waals surface area (Å²) < 4.78 is 15.9. The van der Waals surface area contributed by atoms with Crippen molar-refractivity contribution >= 4 is 28.9 Å². The average Bonchev–Trinajstić information content (AvgIpc) is 2.77. The van der Waals surface area contributed by atoms with Gasteiger partial charge in [0.2, 0.25) is 5.75 Å². The van der Waals surface area contributed by atoms with Crippen LogP contribution >= 0.6 is 11.6 Å². The first-order valence-corrected chi connectivity index (χ1v) is 9.56. The standard InChI is InChI=1S/C20H22ClN3O6/c1-28-16-11-13(12-17(29-2)19(16)30-3)20(25)23-9-7-22(8-10-23)18-14(21)5-4-6-15(18)24(26)27/h4-6,11-12H,7-10H2,1-3H3. The third-order valence-corrected chi connectivity index (χ3v) is 5.26. The Hall–Kier alpha value is -3.20. The summed E-state index contributed by atoms with van der Waals surface area (Å²) in [5.74, 6) is 1.01. The molecule has 2 aromatic carbocycles. The van der Waals surface area contributed by atoms with Crippen molar-refractivity contribution in [3.63, 3.8) is 0 Å². The van der Waals surface area contributed by atoms with E-state index in [0.29, 0.717) is 59.7 Å². The molecule has 0 bridgehead atoms. The van der Waals surface area contributed by atoms with Crippen LogP contribution in [0.3, 0.4) is 0 Å². The van der Waals surface area contributed by atoms with Gasteiger partial charge in [-0.2, -0.15) is 0 Å². The lowest BCUT2D eigenvalue weighted by Crippen LogP contribution is -2.49. The molecule has 0 N–H and O–H groups in total. The summed E-state index contributed by atoms with van der Waals surface area (Å²) in [4.78, 5) is 27.5. The van der Waals surface area contributed by atoms with Crippen LogP contribution in [0.4, 0.5) is 11.4 Å². The summed E-state index contributed by atoms with van der Waals surface area (Å²) in [5, 5.41) is 11.7. The molecular weight excluding hydrogens is 414 g/mol. The van der Waals surface area contributed by atoms with Crippen LogP contribution in [0.5, 0.6) is 17.2 Å². The Labute approximate surface area is 178 Å². The van der Waals surface area contributed by atoms with E-state index in [2.05, 4.69) is 0 Å². The number of nitro benzene ring substituents is 1. The van der Waals surface area contributed by atoms with Crippen molar-refractivity contribution < 1.29 is 23.9 Å². The number of amides is 1. The molecule has 0 radical (unpaired) electrons. The van der Waals surface area contributed by atoms with Gasteiger partial charge in [-0.05, 0) is 18.2 Å². The third-order valence-electron chi connectivity index (χ3n) is 4.96. The highest BCUT2D eigenvalue weighted by molar-refractivity contribution is 6.33. The molecule has 160 valence electrons. The van der Waals surface area contributed by atoms with E-state index in [1.807, 2.05) is 4.90 Å². The van der Waals surface area contributed by atoms with Gasteiger partial charge >= 0.3 is 0 Å². The molecule has 0 atom stereocenters. The van der Waals surface area contributed by atoms with Gasteiger partial charge in [-0.25, -0.2) is 0 Å². The summed E-state index contributed by atoms with van der Waals surface area (Å²) in [5.41, 5.74) is 0.734. The second-order valence-corrected chi connectivity index (χ2v) is 6.97. The number of halogens is 1.